The zero-order chi connectivity index (χ0) is 27.4. The molecule has 208 valence electrons. The molecule has 9 nitrogen and oxygen atoms in total. The molecule has 0 radical (unpaired) electrons. The number of rotatable bonds is 11. The van der Waals surface area contributed by atoms with Crippen LogP contribution in [0.25, 0.3) is 10.9 Å². The largest absolute Gasteiger partial charge is 0.497 e. The van der Waals surface area contributed by atoms with Crippen molar-refractivity contribution in [2.75, 3.05) is 57.8 Å². The summed E-state index contributed by atoms with van der Waals surface area (Å²) in [5.74, 6) is -0.451. The van der Waals surface area contributed by atoms with Crippen molar-refractivity contribution in [2.45, 2.75) is 38.3 Å². The Hall–Kier alpha value is -3.56. The lowest BCUT2D eigenvalue weighted by atomic mass is 10.0. The summed E-state index contributed by atoms with van der Waals surface area (Å²) >= 11 is 0. The first-order chi connectivity index (χ1) is 18.9. The number of unbranched alkanes of at least 4 members (excludes halogenated alkanes) is 1. The van der Waals surface area contributed by atoms with Crippen LogP contribution in [0.1, 0.15) is 47.8 Å². The Kier molecular flexibility index (Phi) is 8.38. The topological polar surface area (TPSA) is 104 Å². The molecule has 2 aliphatic rings. The number of nitrogens with two attached hydrogens (primary N) is 1. The summed E-state index contributed by atoms with van der Waals surface area (Å²) in [6, 6.07) is 13.4. The second-order valence-corrected chi connectivity index (χ2v) is 10.6. The number of methoxy groups -OCH3 is 1. The molecule has 39 heavy (non-hydrogen) atoms. The van der Waals surface area contributed by atoms with Gasteiger partial charge >= 0.3 is 5.97 Å². The summed E-state index contributed by atoms with van der Waals surface area (Å²) in [6.07, 6.45) is 6.43. The highest BCUT2D eigenvalue weighted by atomic mass is 16.5. The number of hydrogen-bond acceptors (Lipinski definition) is 6. The zero-order valence-electron chi connectivity index (χ0n) is 22.7. The fraction of sp³-hybridized carbons (Fsp3) is 0.467. The second-order valence-electron chi connectivity index (χ2n) is 10.6. The number of primary amides is 1. The van der Waals surface area contributed by atoms with E-state index in [2.05, 4.69) is 26.8 Å². The number of anilines is 1. The maximum Gasteiger partial charge on any atom is 0.335 e. The molecule has 3 N–H and O–H groups in total. The summed E-state index contributed by atoms with van der Waals surface area (Å²) in [5, 5.41) is 10.5. The normalized spacial score (nSPS) is 17.5. The van der Waals surface area contributed by atoms with E-state index in [1.807, 2.05) is 29.0 Å². The predicted molar refractivity (Wildman–Crippen MR) is 153 cm³/mol. The molecular weight excluding hydrogens is 494 g/mol. The van der Waals surface area contributed by atoms with Gasteiger partial charge in [-0.2, -0.15) is 0 Å². The van der Waals surface area contributed by atoms with E-state index >= 15 is 0 Å². The van der Waals surface area contributed by atoms with Gasteiger partial charge in [-0.25, -0.2) is 4.79 Å². The number of carboxylic acids is 1. The van der Waals surface area contributed by atoms with E-state index in [0.29, 0.717) is 0 Å². The standard InChI is InChI=1S/C30H39N5O4/c1-39-25-10-8-24(9-11-25)33-18-16-32(17-19-33)13-3-2-6-23-21-35(29(28(31)36)34-14-4-5-15-34)27-12-7-22(30(37)38)20-26(23)27/h7-12,20-21,29H,2-6,13-19H2,1H3,(H2,31,36)(H,37,38). The fourth-order valence-corrected chi connectivity index (χ4v) is 6.01. The number of hydrogen-bond donors (Lipinski definition) is 2. The first kappa shape index (κ1) is 27.0. The third-order valence-corrected chi connectivity index (χ3v) is 8.15. The molecule has 1 atom stereocenters. The molecule has 2 saturated heterocycles. The summed E-state index contributed by atoms with van der Waals surface area (Å²) in [4.78, 5) is 31.3. The van der Waals surface area contributed by atoms with Gasteiger partial charge in [0.2, 0.25) is 0 Å². The highest BCUT2D eigenvalue weighted by molar-refractivity contribution is 5.95. The number of aromatic nitrogens is 1. The van der Waals surface area contributed by atoms with E-state index in [0.717, 1.165) is 100 Å². The molecule has 3 aromatic rings. The first-order valence-electron chi connectivity index (χ1n) is 14.0. The van der Waals surface area contributed by atoms with Crippen LogP contribution in [0.2, 0.25) is 0 Å². The molecule has 0 spiro atoms. The van der Waals surface area contributed by atoms with E-state index in [-0.39, 0.29) is 11.5 Å². The number of likely N-dealkylation sites (tertiary alicyclic amines) is 1. The number of amides is 1. The Morgan fingerprint density at radius 3 is 2.33 bits per heavy atom. The second kappa shape index (κ2) is 12.1. The molecule has 1 aromatic heterocycles. The van der Waals surface area contributed by atoms with Gasteiger partial charge in [0.05, 0.1) is 18.2 Å². The number of fused-ring (bicyclic) bond motifs is 1. The third kappa shape index (κ3) is 6.04. The average Bonchev–Trinajstić information content (AvgIpc) is 3.60. The Morgan fingerprint density at radius 2 is 1.69 bits per heavy atom. The average molecular weight is 534 g/mol. The molecule has 0 aliphatic carbocycles. The van der Waals surface area contributed by atoms with Crippen LogP contribution in [0, 0.1) is 0 Å². The number of aromatic carboxylic acids is 1. The molecule has 1 unspecified atom stereocenters. The van der Waals surface area contributed by atoms with Crippen molar-refractivity contribution in [2.24, 2.45) is 5.73 Å². The summed E-state index contributed by atoms with van der Waals surface area (Å²) < 4.78 is 7.23. The van der Waals surface area contributed by atoms with Crippen LogP contribution >= 0.6 is 0 Å². The molecule has 2 aromatic carbocycles. The van der Waals surface area contributed by atoms with Crippen LogP contribution in [0.5, 0.6) is 5.75 Å². The molecule has 2 aliphatic heterocycles. The van der Waals surface area contributed by atoms with Crippen LogP contribution in [0.4, 0.5) is 5.69 Å². The Morgan fingerprint density at radius 1 is 0.974 bits per heavy atom. The number of carbonyl (C=O) groups is 2. The van der Waals surface area contributed by atoms with Gasteiger partial charge in [-0.05, 0) is 86.7 Å². The van der Waals surface area contributed by atoms with Gasteiger partial charge in [-0.3, -0.25) is 14.6 Å². The van der Waals surface area contributed by atoms with Crippen molar-refractivity contribution in [3.8, 4) is 5.75 Å². The summed E-state index contributed by atoms with van der Waals surface area (Å²) in [5.41, 5.74) is 9.30. The van der Waals surface area contributed by atoms with Crippen molar-refractivity contribution in [3.63, 3.8) is 0 Å². The van der Waals surface area contributed by atoms with E-state index < -0.39 is 12.1 Å². The SMILES string of the molecule is COc1ccc(N2CCN(CCCCc3cn(C(C(N)=O)N4CCCC4)c4ccc(C(=O)O)cc34)CC2)cc1. The third-order valence-electron chi connectivity index (χ3n) is 8.15. The molecule has 9 heteroatoms. The first-order valence-corrected chi connectivity index (χ1v) is 14.0. The summed E-state index contributed by atoms with van der Waals surface area (Å²) in [6.45, 7) is 6.77. The fourth-order valence-electron chi connectivity index (χ4n) is 6.01. The minimum Gasteiger partial charge on any atom is -0.497 e. The minimum absolute atomic E-state index is 0.257. The number of carboxylic acid groups (broad SMARTS) is 1. The van der Waals surface area contributed by atoms with Crippen LogP contribution in [0.15, 0.2) is 48.7 Å². The van der Waals surface area contributed by atoms with Gasteiger partial charge in [-0.1, -0.05) is 0 Å². The molecule has 0 saturated carbocycles. The number of ether oxygens (including phenoxy) is 1. The van der Waals surface area contributed by atoms with Gasteiger partial charge < -0.3 is 25.0 Å². The van der Waals surface area contributed by atoms with E-state index in [1.54, 1.807) is 19.2 Å². The molecule has 0 bridgehead atoms. The van der Waals surface area contributed by atoms with Gasteiger partial charge in [0.1, 0.15) is 5.75 Å². The molecule has 1 amide bonds. The number of carbonyl (C=O) groups excluding carboxylic acids is 1. The maximum absolute atomic E-state index is 12.5. The van der Waals surface area contributed by atoms with Gasteiger partial charge in [0.15, 0.2) is 6.17 Å². The lowest BCUT2D eigenvalue weighted by Gasteiger charge is -2.36. The number of piperazine rings is 1. The van der Waals surface area contributed by atoms with Crippen molar-refractivity contribution in [1.82, 2.24) is 14.4 Å². The Labute approximate surface area is 229 Å². The quantitative estimate of drug-likeness (QED) is 0.363. The number of nitrogens with zero attached hydrogens (tertiary/aromatic N) is 4. The van der Waals surface area contributed by atoms with Gasteiger partial charge in [0, 0.05) is 56.5 Å². The van der Waals surface area contributed by atoms with Crippen molar-refractivity contribution in [3.05, 3.63) is 59.8 Å². The monoisotopic (exact) mass is 533 g/mol. The van der Waals surface area contributed by atoms with Crippen LogP contribution in [-0.2, 0) is 11.2 Å². The molecule has 3 heterocycles. The highest BCUT2D eigenvalue weighted by Crippen LogP contribution is 2.30. The lowest BCUT2D eigenvalue weighted by Crippen LogP contribution is -2.46. The number of aryl methyl sites for hydroxylation is 1. The summed E-state index contributed by atoms with van der Waals surface area (Å²) in [7, 11) is 1.69. The van der Waals surface area contributed by atoms with Crippen molar-refractivity contribution in [1.29, 1.82) is 0 Å². The van der Waals surface area contributed by atoms with Crippen LogP contribution in [0.3, 0.4) is 0 Å². The van der Waals surface area contributed by atoms with E-state index in [9.17, 15) is 14.7 Å². The van der Waals surface area contributed by atoms with Crippen LogP contribution < -0.4 is 15.4 Å². The van der Waals surface area contributed by atoms with Gasteiger partial charge in [0.25, 0.3) is 5.91 Å². The lowest BCUT2D eigenvalue weighted by molar-refractivity contribution is -0.125. The van der Waals surface area contributed by atoms with Gasteiger partial charge in [-0.15, -0.1) is 0 Å². The molecule has 5 rings (SSSR count). The molecule has 2 fully saturated rings. The maximum atomic E-state index is 12.5. The van der Waals surface area contributed by atoms with Crippen molar-refractivity contribution < 1.29 is 19.4 Å². The van der Waals surface area contributed by atoms with Crippen LogP contribution in [-0.4, -0.2) is 84.3 Å². The Bertz CT molecular complexity index is 1290. The number of benzene rings is 2. The minimum atomic E-state index is -0.949. The smallest absolute Gasteiger partial charge is 0.335 e. The highest BCUT2D eigenvalue weighted by Gasteiger charge is 2.29. The predicted octanol–water partition coefficient (Wildman–Crippen LogP) is 3.57. The van der Waals surface area contributed by atoms with E-state index in [1.165, 1.54) is 5.69 Å². The van der Waals surface area contributed by atoms with Crippen molar-refractivity contribution >= 4 is 28.5 Å². The Balaban J connectivity index is 1.22. The zero-order valence-corrected chi connectivity index (χ0v) is 22.7. The van der Waals surface area contributed by atoms with E-state index in [4.69, 9.17) is 10.5 Å². The molecular formula is C30H39N5O4.